The summed E-state index contributed by atoms with van der Waals surface area (Å²) in [6, 6.07) is 0. The van der Waals surface area contributed by atoms with E-state index in [-0.39, 0.29) is 12.5 Å². The van der Waals surface area contributed by atoms with E-state index in [1.54, 1.807) is 0 Å². The highest BCUT2D eigenvalue weighted by Crippen LogP contribution is 2.32. The van der Waals surface area contributed by atoms with E-state index in [0.29, 0.717) is 17.6 Å². The van der Waals surface area contributed by atoms with Gasteiger partial charge in [-0.1, -0.05) is 20.8 Å². The summed E-state index contributed by atoms with van der Waals surface area (Å²) >= 11 is 0. The Morgan fingerprint density at radius 1 is 1.44 bits per heavy atom. The first-order valence-corrected chi connectivity index (χ1v) is 7.44. The highest BCUT2D eigenvalue weighted by atomic mass is 16.3. The van der Waals surface area contributed by atoms with Crippen LogP contribution < -0.4 is 0 Å². The minimum absolute atomic E-state index is 0.227. The third kappa shape index (κ3) is 4.69. The molecule has 0 amide bonds. The van der Waals surface area contributed by atoms with Crippen LogP contribution in [0.3, 0.4) is 0 Å². The Hall–Kier alpha value is -0.410. The van der Waals surface area contributed by atoms with Gasteiger partial charge in [0.2, 0.25) is 0 Å². The molecule has 2 atom stereocenters. The van der Waals surface area contributed by atoms with Crippen LogP contribution in [0.4, 0.5) is 0 Å². The zero-order chi connectivity index (χ0) is 13.5. The van der Waals surface area contributed by atoms with Crippen molar-refractivity contribution in [2.75, 3.05) is 26.2 Å². The molecule has 1 N–H and O–H groups in total. The minimum atomic E-state index is 0.227. The number of aliphatic hydroxyl groups is 1. The smallest absolute Gasteiger partial charge is 0.137 e. The molecule has 0 spiro atoms. The Bertz CT molecular complexity index is 253. The van der Waals surface area contributed by atoms with Crippen LogP contribution in [-0.4, -0.2) is 42.0 Å². The molecule has 0 saturated heterocycles. The molecule has 3 heteroatoms. The Balaban J connectivity index is 2.48. The summed E-state index contributed by atoms with van der Waals surface area (Å²) in [5.41, 5.74) is 0. The third-order valence-corrected chi connectivity index (χ3v) is 4.31. The first-order chi connectivity index (χ1) is 8.58. The fraction of sp³-hybridized carbons (Fsp3) is 0.933. The number of Topliss-reactive ketones (excluding diaryl/α,β-unsaturated/α-hetero) is 1. The molecule has 0 aromatic heterocycles. The zero-order valence-corrected chi connectivity index (χ0v) is 12.2. The predicted octanol–water partition coefficient (Wildman–Crippen LogP) is 2.33. The van der Waals surface area contributed by atoms with Crippen molar-refractivity contribution in [2.45, 2.75) is 46.5 Å². The fourth-order valence-electron chi connectivity index (χ4n) is 2.91. The minimum Gasteiger partial charge on any atom is -0.396 e. The predicted molar refractivity (Wildman–Crippen MR) is 74.5 cm³/mol. The number of rotatable bonds is 7. The summed E-state index contributed by atoms with van der Waals surface area (Å²) in [5, 5.41) is 8.89. The van der Waals surface area contributed by atoms with E-state index in [0.717, 1.165) is 45.3 Å². The molecule has 1 rings (SSSR count). The number of aliphatic hydroxyl groups excluding tert-OH is 1. The molecule has 1 aliphatic carbocycles. The number of carbonyl (C=O) groups excluding carboxylic acids is 1. The first-order valence-electron chi connectivity index (χ1n) is 7.44. The highest BCUT2D eigenvalue weighted by molar-refractivity contribution is 5.82. The molecule has 0 aromatic carbocycles. The lowest BCUT2D eigenvalue weighted by atomic mass is 9.75. The summed E-state index contributed by atoms with van der Waals surface area (Å²) < 4.78 is 0. The standard InChI is InChI=1S/C15H29NO2/c1-4-16(8-5-9-17)11-14-10-13(12(2)3)6-7-15(14)18/h12-14,17H,4-11H2,1-3H3. The van der Waals surface area contributed by atoms with Crippen molar-refractivity contribution in [1.82, 2.24) is 4.90 Å². The van der Waals surface area contributed by atoms with Crippen molar-refractivity contribution < 1.29 is 9.90 Å². The number of hydrogen-bond donors (Lipinski definition) is 1. The molecule has 0 aromatic rings. The molecule has 0 bridgehead atoms. The van der Waals surface area contributed by atoms with Crippen molar-refractivity contribution in [1.29, 1.82) is 0 Å². The third-order valence-electron chi connectivity index (χ3n) is 4.31. The van der Waals surface area contributed by atoms with E-state index in [1.165, 1.54) is 0 Å². The van der Waals surface area contributed by atoms with E-state index < -0.39 is 0 Å². The molecule has 3 nitrogen and oxygen atoms in total. The maximum atomic E-state index is 12.0. The van der Waals surface area contributed by atoms with Gasteiger partial charge in [-0.05, 0) is 37.6 Å². The van der Waals surface area contributed by atoms with Crippen LogP contribution in [0.5, 0.6) is 0 Å². The van der Waals surface area contributed by atoms with E-state index in [2.05, 4.69) is 25.7 Å². The quantitative estimate of drug-likeness (QED) is 0.759. The van der Waals surface area contributed by atoms with Gasteiger partial charge in [0.25, 0.3) is 0 Å². The summed E-state index contributed by atoms with van der Waals surface area (Å²) in [6.07, 6.45) is 3.72. The molecule has 2 unspecified atom stereocenters. The molecule has 1 aliphatic rings. The van der Waals surface area contributed by atoms with Gasteiger partial charge in [-0.2, -0.15) is 0 Å². The molecule has 18 heavy (non-hydrogen) atoms. The van der Waals surface area contributed by atoms with Crippen LogP contribution in [-0.2, 0) is 4.79 Å². The lowest BCUT2D eigenvalue weighted by Crippen LogP contribution is -2.38. The summed E-state index contributed by atoms with van der Waals surface area (Å²) in [7, 11) is 0. The summed E-state index contributed by atoms with van der Waals surface area (Å²) in [6.45, 7) is 9.66. The summed E-state index contributed by atoms with van der Waals surface area (Å²) in [4.78, 5) is 14.3. The molecule has 0 heterocycles. The highest BCUT2D eigenvalue weighted by Gasteiger charge is 2.30. The van der Waals surface area contributed by atoms with Crippen molar-refractivity contribution in [2.24, 2.45) is 17.8 Å². The SMILES string of the molecule is CCN(CCCO)CC1CC(C(C)C)CCC1=O. The van der Waals surface area contributed by atoms with Gasteiger partial charge in [0, 0.05) is 32.0 Å². The Morgan fingerprint density at radius 3 is 2.72 bits per heavy atom. The molecular weight excluding hydrogens is 226 g/mol. The van der Waals surface area contributed by atoms with Crippen LogP contribution in [0.25, 0.3) is 0 Å². The zero-order valence-electron chi connectivity index (χ0n) is 12.2. The Kier molecular flexibility index (Phi) is 6.87. The Morgan fingerprint density at radius 2 is 2.17 bits per heavy atom. The number of hydrogen-bond acceptors (Lipinski definition) is 3. The van der Waals surface area contributed by atoms with E-state index >= 15 is 0 Å². The van der Waals surface area contributed by atoms with E-state index in [1.807, 2.05) is 0 Å². The monoisotopic (exact) mass is 255 g/mol. The van der Waals surface area contributed by atoms with Crippen molar-refractivity contribution in [3.63, 3.8) is 0 Å². The van der Waals surface area contributed by atoms with Gasteiger partial charge in [0.15, 0.2) is 0 Å². The van der Waals surface area contributed by atoms with Crippen molar-refractivity contribution in [3.05, 3.63) is 0 Å². The molecular formula is C15H29NO2. The normalized spacial score (nSPS) is 25.1. The molecule has 106 valence electrons. The maximum absolute atomic E-state index is 12.0. The van der Waals surface area contributed by atoms with Gasteiger partial charge in [0.05, 0.1) is 0 Å². The molecule has 1 fully saturated rings. The first kappa shape index (κ1) is 15.6. The maximum Gasteiger partial charge on any atom is 0.137 e. The molecule has 1 saturated carbocycles. The van der Waals surface area contributed by atoms with Gasteiger partial charge in [-0.15, -0.1) is 0 Å². The Labute approximate surface area is 112 Å². The average Bonchev–Trinajstić information content (AvgIpc) is 2.36. The number of nitrogens with zero attached hydrogens (tertiary/aromatic N) is 1. The van der Waals surface area contributed by atoms with Crippen LogP contribution in [0.2, 0.25) is 0 Å². The lowest BCUT2D eigenvalue weighted by molar-refractivity contribution is -0.126. The number of ketones is 1. The van der Waals surface area contributed by atoms with E-state index in [4.69, 9.17) is 5.11 Å². The second-order valence-electron chi connectivity index (χ2n) is 5.91. The van der Waals surface area contributed by atoms with Crippen molar-refractivity contribution >= 4 is 5.78 Å². The largest absolute Gasteiger partial charge is 0.396 e. The second-order valence-corrected chi connectivity index (χ2v) is 5.91. The average molecular weight is 255 g/mol. The van der Waals surface area contributed by atoms with E-state index in [9.17, 15) is 4.79 Å². The summed E-state index contributed by atoms with van der Waals surface area (Å²) in [5.74, 6) is 2.08. The number of carbonyl (C=O) groups is 1. The second kappa shape index (κ2) is 7.90. The van der Waals surface area contributed by atoms with Gasteiger partial charge >= 0.3 is 0 Å². The fourth-order valence-corrected chi connectivity index (χ4v) is 2.91. The van der Waals surface area contributed by atoms with Crippen LogP contribution >= 0.6 is 0 Å². The molecule has 0 radical (unpaired) electrons. The van der Waals surface area contributed by atoms with Gasteiger partial charge in [-0.3, -0.25) is 4.79 Å². The van der Waals surface area contributed by atoms with Gasteiger partial charge in [-0.25, -0.2) is 0 Å². The van der Waals surface area contributed by atoms with Crippen LogP contribution in [0.15, 0.2) is 0 Å². The van der Waals surface area contributed by atoms with Gasteiger partial charge < -0.3 is 10.0 Å². The van der Waals surface area contributed by atoms with Crippen LogP contribution in [0.1, 0.15) is 46.5 Å². The van der Waals surface area contributed by atoms with Crippen LogP contribution in [0, 0.1) is 17.8 Å². The topological polar surface area (TPSA) is 40.5 Å². The van der Waals surface area contributed by atoms with Gasteiger partial charge in [0.1, 0.15) is 5.78 Å². The lowest BCUT2D eigenvalue weighted by Gasteiger charge is -2.33. The molecule has 0 aliphatic heterocycles. The van der Waals surface area contributed by atoms with Crippen molar-refractivity contribution in [3.8, 4) is 0 Å².